The van der Waals surface area contributed by atoms with Crippen molar-refractivity contribution < 1.29 is 9.21 Å². The molecular weight excluding hydrogens is 342 g/mol. The Kier molecular flexibility index (Phi) is 3.81. The highest BCUT2D eigenvalue weighted by Gasteiger charge is 2.30. The Morgan fingerprint density at radius 2 is 2.04 bits per heavy atom. The first-order valence-corrected chi connectivity index (χ1v) is 9.49. The zero-order chi connectivity index (χ0) is 18.4. The van der Waals surface area contributed by atoms with E-state index in [1.807, 2.05) is 35.0 Å². The fourth-order valence-corrected chi connectivity index (χ4v) is 3.38. The van der Waals surface area contributed by atoms with Gasteiger partial charge in [-0.25, -0.2) is 4.68 Å². The number of hydrogen-bond donors (Lipinski definition) is 1. The summed E-state index contributed by atoms with van der Waals surface area (Å²) in [4.78, 5) is 12.5. The van der Waals surface area contributed by atoms with Gasteiger partial charge >= 0.3 is 0 Å². The van der Waals surface area contributed by atoms with E-state index in [1.165, 1.54) is 6.42 Å². The van der Waals surface area contributed by atoms with E-state index in [0.29, 0.717) is 35.0 Å². The van der Waals surface area contributed by atoms with Crippen molar-refractivity contribution in [1.29, 1.82) is 0 Å². The van der Waals surface area contributed by atoms with Crippen molar-refractivity contribution in [1.82, 2.24) is 25.3 Å². The van der Waals surface area contributed by atoms with Gasteiger partial charge in [0.2, 0.25) is 5.89 Å². The number of nitrogens with one attached hydrogen (secondary N) is 1. The molecule has 2 aliphatic carbocycles. The Morgan fingerprint density at radius 3 is 2.70 bits per heavy atom. The summed E-state index contributed by atoms with van der Waals surface area (Å²) in [7, 11) is 0. The minimum absolute atomic E-state index is 0.0190. The molecule has 0 radical (unpaired) electrons. The normalized spacial score (nSPS) is 16.9. The molecule has 5 rings (SSSR count). The van der Waals surface area contributed by atoms with E-state index in [9.17, 15) is 4.79 Å². The molecule has 138 valence electrons. The molecule has 2 saturated carbocycles. The molecule has 1 amide bonds. The molecule has 2 aliphatic rings. The summed E-state index contributed by atoms with van der Waals surface area (Å²) >= 11 is 0. The molecule has 2 aromatic heterocycles. The largest absolute Gasteiger partial charge is 0.420 e. The van der Waals surface area contributed by atoms with E-state index in [4.69, 9.17) is 9.52 Å². The third kappa shape index (κ3) is 3.13. The Balaban J connectivity index is 1.49. The Bertz CT molecular complexity index is 997. The van der Waals surface area contributed by atoms with Crippen molar-refractivity contribution in [3.05, 3.63) is 47.5 Å². The zero-order valence-corrected chi connectivity index (χ0v) is 15.2. The fourth-order valence-electron chi connectivity index (χ4n) is 3.38. The van der Waals surface area contributed by atoms with Gasteiger partial charge in [-0.15, -0.1) is 10.2 Å². The van der Waals surface area contributed by atoms with E-state index in [0.717, 1.165) is 37.1 Å². The summed E-state index contributed by atoms with van der Waals surface area (Å²) < 4.78 is 7.45. The van der Waals surface area contributed by atoms with Gasteiger partial charge < -0.3 is 9.73 Å². The first kappa shape index (κ1) is 16.2. The minimum Gasteiger partial charge on any atom is -0.420 e. The van der Waals surface area contributed by atoms with E-state index >= 15 is 0 Å². The van der Waals surface area contributed by atoms with E-state index in [1.54, 1.807) is 6.92 Å². The number of amides is 1. The highest BCUT2D eigenvalue weighted by Crippen LogP contribution is 2.42. The Hall–Kier alpha value is -2.96. The van der Waals surface area contributed by atoms with Crippen LogP contribution < -0.4 is 5.32 Å². The van der Waals surface area contributed by atoms with Gasteiger partial charge in [0.25, 0.3) is 11.8 Å². The summed E-state index contributed by atoms with van der Waals surface area (Å²) in [6.07, 6.45) is 5.64. The van der Waals surface area contributed by atoms with Crippen LogP contribution >= 0.6 is 0 Å². The minimum atomic E-state index is -0.0190. The first-order valence-electron chi connectivity index (χ1n) is 9.49. The maximum absolute atomic E-state index is 12.5. The zero-order valence-electron chi connectivity index (χ0n) is 15.2. The van der Waals surface area contributed by atoms with E-state index in [2.05, 4.69) is 15.5 Å². The predicted molar refractivity (Wildman–Crippen MR) is 98.7 cm³/mol. The lowest BCUT2D eigenvalue weighted by Gasteiger charge is -2.26. The predicted octanol–water partition coefficient (Wildman–Crippen LogP) is 3.39. The average Bonchev–Trinajstić information content (AvgIpc) is 3.24. The molecule has 2 heterocycles. The molecule has 0 spiro atoms. The van der Waals surface area contributed by atoms with Crippen molar-refractivity contribution in [3.8, 4) is 17.3 Å². The monoisotopic (exact) mass is 363 g/mol. The van der Waals surface area contributed by atoms with Crippen LogP contribution in [0.3, 0.4) is 0 Å². The molecule has 3 aromatic rings. The van der Waals surface area contributed by atoms with Gasteiger partial charge in [0.1, 0.15) is 5.69 Å². The quantitative estimate of drug-likeness (QED) is 0.751. The van der Waals surface area contributed by atoms with Crippen LogP contribution in [0, 0.1) is 6.92 Å². The Labute approximate surface area is 156 Å². The molecule has 1 N–H and O–H groups in total. The number of benzene rings is 1. The highest BCUT2D eigenvalue weighted by atomic mass is 16.4. The topological polar surface area (TPSA) is 85.8 Å². The third-order valence-electron chi connectivity index (χ3n) is 5.27. The number of aromatic nitrogens is 4. The van der Waals surface area contributed by atoms with Crippen molar-refractivity contribution in [2.75, 3.05) is 0 Å². The maximum atomic E-state index is 12.5. The summed E-state index contributed by atoms with van der Waals surface area (Å²) in [5.74, 6) is 1.41. The van der Waals surface area contributed by atoms with Crippen LogP contribution in [0.5, 0.6) is 0 Å². The van der Waals surface area contributed by atoms with Crippen LogP contribution in [0.2, 0.25) is 0 Å². The molecule has 2 fully saturated rings. The maximum Gasteiger partial charge on any atom is 0.268 e. The van der Waals surface area contributed by atoms with Crippen LogP contribution in [0.4, 0.5) is 0 Å². The van der Waals surface area contributed by atoms with E-state index < -0.39 is 0 Å². The number of carbonyl (C=O) groups is 1. The molecule has 0 bridgehead atoms. The van der Waals surface area contributed by atoms with Gasteiger partial charge in [-0.05, 0) is 56.4 Å². The van der Waals surface area contributed by atoms with Crippen molar-refractivity contribution >= 4 is 5.91 Å². The average molecular weight is 363 g/mol. The summed E-state index contributed by atoms with van der Waals surface area (Å²) in [6.45, 7) is 1.76. The van der Waals surface area contributed by atoms with Crippen molar-refractivity contribution in [2.45, 2.75) is 51.0 Å². The van der Waals surface area contributed by atoms with Crippen LogP contribution in [0.1, 0.15) is 60.0 Å². The number of aryl methyl sites for hydroxylation is 1. The van der Waals surface area contributed by atoms with Crippen LogP contribution in [0.15, 0.2) is 34.7 Å². The highest BCUT2D eigenvalue weighted by molar-refractivity contribution is 5.95. The number of nitrogens with zero attached hydrogens (tertiary/aromatic N) is 4. The second-order valence-corrected chi connectivity index (χ2v) is 7.42. The first-order chi connectivity index (χ1) is 13.2. The second-order valence-electron chi connectivity index (χ2n) is 7.42. The SMILES string of the molecule is Cc1nnc(-c2cc(C3CC3)n(-c3cccc(C(=O)NC4CCC4)c3)n2)o1. The van der Waals surface area contributed by atoms with Gasteiger partial charge in [-0.3, -0.25) is 4.79 Å². The molecule has 0 aliphatic heterocycles. The van der Waals surface area contributed by atoms with Crippen LogP contribution in [-0.2, 0) is 0 Å². The molecule has 7 nitrogen and oxygen atoms in total. The van der Waals surface area contributed by atoms with Gasteiger partial charge in [0.05, 0.1) is 5.69 Å². The van der Waals surface area contributed by atoms with Gasteiger partial charge in [0, 0.05) is 30.1 Å². The fraction of sp³-hybridized carbons (Fsp3) is 0.400. The summed E-state index contributed by atoms with van der Waals surface area (Å²) in [5.41, 5.74) is 3.33. The van der Waals surface area contributed by atoms with Crippen LogP contribution in [0.25, 0.3) is 17.3 Å². The van der Waals surface area contributed by atoms with Gasteiger partial charge in [-0.1, -0.05) is 6.07 Å². The lowest BCUT2D eigenvalue weighted by Crippen LogP contribution is -2.39. The summed E-state index contributed by atoms with van der Waals surface area (Å²) in [5, 5.41) is 15.8. The third-order valence-corrected chi connectivity index (χ3v) is 5.27. The van der Waals surface area contributed by atoms with E-state index in [-0.39, 0.29) is 5.91 Å². The number of carbonyl (C=O) groups excluding carboxylic acids is 1. The number of hydrogen-bond acceptors (Lipinski definition) is 5. The lowest BCUT2D eigenvalue weighted by atomic mass is 9.93. The standard InChI is InChI=1S/C20H21N5O2/c1-12-22-23-20(27-12)17-11-18(13-8-9-13)25(24-17)16-7-2-4-14(10-16)19(26)21-15-5-3-6-15/h2,4,7,10-11,13,15H,3,5-6,8-9H2,1H3,(H,21,26). The Morgan fingerprint density at radius 1 is 1.19 bits per heavy atom. The van der Waals surface area contributed by atoms with Crippen LogP contribution in [-0.4, -0.2) is 31.9 Å². The smallest absolute Gasteiger partial charge is 0.268 e. The molecule has 0 atom stereocenters. The molecular formula is C20H21N5O2. The van der Waals surface area contributed by atoms with Crippen molar-refractivity contribution in [3.63, 3.8) is 0 Å². The lowest BCUT2D eigenvalue weighted by molar-refractivity contribution is 0.0917. The second kappa shape index (κ2) is 6.33. The van der Waals surface area contributed by atoms with Gasteiger partial charge in [-0.2, -0.15) is 5.10 Å². The summed E-state index contributed by atoms with van der Waals surface area (Å²) in [6, 6.07) is 9.96. The molecule has 7 heteroatoms. The van der Waals surface area contributed by atoms with Gasteiger partial charge in [0.15, 0.2) is 0 Å². The molecule has 0 unspecified atom stereocenters. The molecule has 27 heavy (non-hydrogen) atoms. The van der Waals surface area contributed by atoms with Crippen molar-refractivity contribution in [2.24, 2.45) is 0 Å². The molecule has 1 aromatic carbocycles. The number of rotatable bonds is 5. The molecule has 0 saturated heterocycles.